The van der Waals surface area contributed by atoms with Gasteiger partial charge in [0.2, 0.25) is 0 Å². The van der Waals surface area contributed by atoms with Gasteiger partial charge in [0.05, 0.1) is 24.2 Å². The molecule has 8 heteroatoms. The number of carbonyl (C=O) groups excluding carboxylic acids is 1. The Hall–Kier alpha value is -2.90. The second-order valence-electron chi connectivity index (χ2n) is 6.40. The van der Waals surface area contributed by atoms with E-state index in [4.69, 9.17) is 9.47 Å². The lowest BCUT2D eigenvalue weighted by Gasteiger charge is -2.32. The summed E-state index contributed by atoms with van der Waals surface area (Å²) in [6.07, 6.45) is 7.14. The molecule has 138 valence electrons. The van der Waals surface area contributed by atoms with Crippen molar-refractivity contribution in [3.63, 3.8) is 0 Å². The molecule has 0 aromatic carbocycles. The summed E-state index contributed by atoms with van der Waals surface area (Å²) >= 11 is 0. The van der Waals surface area contributed by atoms with Crippen molar-refractivity contribution in [1.29, 1.82) is 0 Å². The van der Waals surface area contributed by atoms with Crippen LogP contribution in [0.4, 0.5) is 4.79 Å². The fraction of sp³-hybridized carbons (Fsp3) is 0.444. The number of piperidine rings is 1. The molecule has 0 bridgehead atoms. The Morgan fingerprint density at radius 2 is 1.92 bits per heavy atom. The minimum absolute atomic E-state index is 0.0339. The van der Waals surface area contributed by atoms with Gasteiger partial charge in [0, 0.05) is 38.2 Å². The molecule has 0 atom stereocenters. The van der Waals surface area contributed by atoms with Gasteiger partial charge in [-0.15, -0.1) is 0 Å². The van der Waals surface area contributed by atoms with E-state index >= 15 is 0 Å². The summed E-state index contributed by atoms with van der Waals surface area (Å²) in [6.45, 7) is 4.82. The summed E-state index contributed by atoms with van der Waals surface area (Å²) in [5, 5.41) is 0. The van der Waals surface area contributed by atoms with Crippen LogP contribution in [0.25, 0.3) is 5.69 Å². The summed E-state index contributed by atoms with van der Waals surface area (Å²) in [6, 6.07) is 3.19. The molecule has 0 N–H and O–H groups in total. The quantitative estimate of drug-likeness (QED) is 0.831. The molecule has 3 heterocycles. The number of amides is 1. The molecule has 1 saturated heterocycles. The van der Waals surface area contributed by atoms with Crippen LogP contribution in [0, 0.1) is 0 Å². The van der Waals surface area contributed by atoms with Crippen LogP contribution in [0.15, 0.2) is 41.8 Å². The lowest BCUT2D eigenvalue weighted by molar-refractivity contribution is 0.0516. The van der Waals surface area contributed by atoms with Crippen LogP contribution < -0.4 is 10.3 Å². The molecule has 1 aliphatic heterocycles. The number of ether oxygens (including phenoxy) is 2. The molecular weight excluding hydrogens is 336 g/mol. The number of hydrogen-bond acceptors (Lipinski definition) is 6. The topological polar surface area (TPSA) is 86.5 Å². The maximum absolute atomic E-state index is 12.3. The van der Waals surface area contributed by atoms with Gasteiger partial charge in [-0.1, -0.05) is 0 Å². The minimum Gasteiger partial charge on any atom is -0.490 e. The van der Waals surface area contributed by atoms with Gasteiger partial charge in [-0.3, -0.25) is 9.36 Å². The van der Waals surface area contributed by atoms with Crippen molar-refractivity contribution in [2.24, 2.45) is 0 Å². The van der Waals surface area contributed by atoms with Crippen LogP contribution in [0.1, 0.15) is 26.7 Å². The number of aromatic nitrogens is 3. The molecular formula is C18H22N4O4. The average Bonchev–Trinajstić information content (AvgIpc) is 2.62. The predicted molar refractivity (Wildman–Crippen MR) is 94.5 cm³/mol. The number of pyridine rings is 1. The minimum atomic E-state index is -0.286. The lowest BCUT2D eigenvalue weighted by atomic mass is 10.1. The number of rotatable bonds is 4. The average molecular weight is 358 g/mol. The molecule has 2 aromatic heterocycles. The van der Waals surface area contributed by atoms with Gasteiger partial charge < -0.3 is 14.4 Å². The Bertz CT molecular complexity index is 798. The van der Waals surface area contributed by atoms with Crippen LogP contribution in [-0.4, -0.2) is 50.8 Å². The van der Waals surface area contributed by atoms with Gasteiger partial charge in [0.1, 0.15) is 18.2 Å². The van der Waals surface area contributed by atoms with Crippen LogP contribution >= 0.6 is 0 Å². The number of carbonyl (C=O) groups is 1. The van der Waals surface area contributed by atoms with Crippen LogP contribution in [0.3, 0.4) is 0 Å². The van der Waals surface area contributed by atoms with Crippen molar-refractivity contribution >= 4 is 6.09 Å². The van der Waals surface area contributed by atoms with Gasteiger partial charge in [0.25, 0.3) is 5.56 Å². The van der Waals surface area contributed by atoms with Gasteiger partial charge in [-0.25, -0.2) is 14.8 Å². The standard InChI is InChI=1S/C18H22N4O4/c1-13(2)25-18(24)21-6-3-15(4-7-21)26-16-5-8-22(17(23)9-16)14-10-19-12-20-11-14/h5,8-13,15H,3-4,6-7H2,1-2H3. The van der Waals surface area contributed by atoms with Crippen LogP contribution in [0.2, 0.25) is 0 Å². The molecule has 1 aliphatic rings. The van der Waals surface area contributed by atoms with E-state index in [2.05, 4.69) is 9.97 Å². The highest BCUT2D eigenvalue weighted by Gasteiger charge is 2.25. The van der Waals surface area contributed by atoms with Gasteiger partial charge >= 0.3 is 6.09 Å². The zero-order valence-corrected chi connectivity index (χ0v) is 14.9. The molecule has 8 nitrogen and oxygen atoms in total. The summed E-state index contributed by atoms with van der Waals surface area (Å²) < 4.78 is 12.6. The normalized spacial score (nSPS) is 15.1. The zero-order valence-electron chi connectivity index (χ0n) is 14.9. The SMILES string of the molecule is CC(C)OC(=O)N1CCC(Oc2ccn(-c3cncnc3)c(=O)c2)CC1. The van der Waals surface area contributed by atoms with Gasteiger partial charge in [0.15, 0.2) is 0 Å². The fourth-order valence-electron chi connectivity index (χ4n) is 2.79. The first-order valence-electron chi connectivity index (χ1n) is 8.63. The monoisotopic (exact) mass is 358 g/mol. The highest BCUT2D eigenvalue weighted by atomic mass is 16.6. The summed E-state index contributed by atoms with van der Waals surface area (Å²) in [5.41, 5.74) is 0.385. The highest BCUT2D eigenvalue weighted by Crippen LogP contribution is 2.19. The number of likely N-dealkylation sites (tertiary alicyclic amines) is 1. The summed E-state index contributed by atoms with van der Waals surface area (Å²) in [5.74, 6) is 0.520. The molecule has 2 aromatic rings. The van der Waals surface area contributed by atoms with Crippen molar-refractivity contribution in [2.45, 2.75) is 38.9 Å². The maximum atomic E-state index is 12.3. The summed E-state index contributed by atoms with van der Waals surface area (Å²) in [7, 11) is 0. The van der Waals surface area contributed by atoms with Crippen molar-refractivity contribution < 1.29 is 14.3 Å². The van der Waals surface area contributed by atoms with E-state index in [1.165, 1.54) is 17.0 Å². The van der Waals surface area contributed by atoms with E-state index in [0.717, 1.165) is 0 Å². The van der Waals surface area contributed by atoms with Gasteiger partial charge in [-0.05, 0) is 19.9 Å². The van der Waals surface area contributed by atoms with E-state index in [-0.39, 0.29) is 23.9 Å². The first-order chi connectivity index (χ1) is 12.5. The first kappa shape index (κ1) is 17.9. The largest absolute Gasteiger partial charge is 0.490 e. The van der Waals surface area contributed by atoms with Gasteiger partial charge in [-0.2, -0.15) is 0 Å². The number of nitrogens with zero attached hydrogens (tertiary/aromatic N) is 4. The second-order valence-corrected chi connectivity index (χ2v) is 6.40. The predicted octanol–water partition coefficient (Wildman–Crippen LogP) is 2.02. The number of hydrogen-bond donors (Lipinski definition) is 0. The molecule has 1 amide bonds. The molecule has 1 fully saturated rings. The molecule has 0 aliphatic carbocycles. The lowest BCUT2D eigenvalue weighted by Crippen LogP contribution is -2.42. The van der Waals surface area contributed by atoms with E-state index in [1.807, 2.05) is 13.8 Å². The van der Waals surface area contributed by atoms with Crippen LogP contribution in [0.5, 0.6) is 5.75 Å². The Morgan fingerprint density at radius 3 is 2.54 bits per heavy atom. The third-order valence-corrected chi connectivity index (χ3v) is 4.06. The van der Waals surface area contributed by atoms with E-state index in [9.17, 15) is 9.59 Å². The Kier molecular flexibility index (Phi) is 5.50. The smallest absolute Gasteiger partial charge is 0.410 e. The Balaban J connectivity index is 1.58. The zero-order chi connectivity index (χ0) is 18.5. The highest BCUT2D eigenvalue weighted by molar-refractivity contribution is 5.67. The van der Waals surface area contributed by atoms with Crippen molar-refractivity contribution in [2.75, 3.05) is 13.1 Å². The van der Waals surface area contributed by atoms with Crippen molar-refractivity contribution in [3.05, 3.63) is 47.4 Å². The summed E-state index contributed by atoms with van der Waals surface area (Å²) in [4.78, 5) is 33.7. The Labute approximate surface area is 151 Å². The van der Waals surface area contributed by atoms with E-state index in [0.29, 0.717) is 37.4 Å². The van der Waals surface area contributed by atoms with E-state index < -0.39 is 0 Å². The Morgan fingerprint density at radius 1 is 1.23 bits per heavy atom. The molecule has 3 rings (SSSR count). The fourth-order valence-corrected chi connectivity index (χ4v) is 2.79. The van der Waals surface area contributed by atoms with Crippen molar-refractivity contribution in [3.8, 4) is 11.4 Å². The molecule has 0 unspecified atom stereocenters. The van der Waals surface area contributed by atoms with Crippen molar-refractivity contribution in [1.82, 2.24) is 19.4 Å². The first-order valence-corrected chi connectivity index (χ1v) is 8.63. The third-order valence-electron chi connectivity index (χ3n) is 4.06. The molecule has 0 saturated carbocycles. The maximum Gasteiger partial charge on any atom is 0.410 e. The van der Waals surface area contributed by atoms with Crippen LogP contribution in [-0.2, 0) is 4.74 Å². The molecule has 26 heavy (non-hydrogen) atoms. The third kappa shape index (κ3) is 4.38. The molecule has 0 spiro atoms. The second kappa shape index (κ2) is 7.99. The van der Waals surface area contributed by atoms with E-state index in [1.54, 1.807) is 29.6 Å². The molecule has 0 radical (unpaired) electrons.